The van der Waals surface area contributed by atoms with Crippen LogP contribution in [0.2, 0.25) is 0 Å². The monoisotopic (exact) mass is 278 g/mol. The van der Waals surface area contributed by atoms with Gasteiger partial charge >= 0.3 is 0 Å². The first-order valence-corrected chi connectivity index (χ1v) is 7.05. The summed E-state index contributed by atoms with van der Waals surface area (Å²) in [6.45, 7) is 4.95. The maximum absolute atomic E-state index is 9.72. The molecule has 2 aromatic carbocycles. The molecule has 3 aromatic rings. The van der Waals surface area contributed by atoms with Gasteiger partial charge in [-0.15, -0.1) is 0 Å². The van der Waals surface area contributed by atoms with E-state index in [0.717, 1.165) is 29.0 Å². The van der Waals surface area contributed by atoms with E-state index in [1.807, 2.05) is 37.3 Å². The Kier molecular flexibility index (Phi) is 3.48. The van der Waals surface area contributed by atoms with Crippen LogP contribution in [-0.4, -0.2) is 14.7 Å². The molecule has 3 heteroatoms. The average Bonchev–Trinajstić information content (AvgIpc) is 2.86. The lowest BCUT2D eigenvalue weighted by Crippen LogP contribution is -2.01. The van der Waals surface area contributed by atoms with E-state index in [-0.39, 0.29) is 5.75 Å². The van der Waals surface area contributed by atoms with Gasteiger partial charge in [-0.1, -0.05) is 35.9 Å². The molecule has 1 aromatic heterocycles. The van der Waals surface area contributed by atoms with E-state index in [9.17, 15) is 5.11 Å². The van der Waals surface area contributed by atoms with E-state index < -0.39 is 0 Å². The van der Waals surface area contributed by atoms with Gasteiger partial charge in [-0.25, -0.2) is 4.98 Å². The number of benzene rings is 2. The molecule has 0 saturated carbocycles. The van der Waals surface area contributed by atoms with Crippen LogP contribution in [0.3, 0.4) is 0 Å². The zero-order valence-electron chi connectivity index (χ0n) is 12.2. The Bertz CT molecular complexity index is 815. The fraction of sp³-hybridized carbons (Fsp3) is 0.167. The molecule has 0 saturated heterocycles. The van der Waals surface area contributed by atoms with Crippen LogP contribution in [0, 0.1) is 0 Å². The van der Waals surface area contributed by atoms with Crippen LogP contribution >= 0.6 is 0 Å². The Hall–Kier alpha value is -2.55. The van der Waals surface area contributed by atoms with Gasteiger partial charge in [0.1, 0.15) is 11.6 Å². The summed E-state index contributed by atoms with van der Waals surface area (Å²) in [4.78, 5) is 4.74. The second-order valence-corrected chi connectivity index (χ2v) is 5.20. The molecule has 0 atom stereocenters. The van der Waals surface area contributed by atoms with Crippen LogP contribution in [-0.2, 0) is 6.54 Å². The van der Waals surface area contributed by atoms with Crippen LogP contribution < -0.4 is 0 Å². The molecule has 106 valence electrons. The van der Waals surface area contributed by atoms with Gasteiger partial charge < -0.3 is 9.67 Å². The molecule has 0 aliphatic carbocycles. The number of rotatable bonds is 3. The number of fused-ring (bicyclic) bond motifs is 1. The minimum atomic E-state index is 0.258. The molecule has 0 bridgehead atoms. The SMILES string of the molecule is CC=C(C)Cn1c(-c2cccc(O)c2)nc2ccccc21. The van der Waals surface area contributed by atoms with Crippen LogP contribution in [0.15, 0.2) is 60.2 Å². The molecule has 0 aliphatic heterocycles. The first-order valence-electron chi connectivity index (χ1n) is 7.05. The van der Waals surface area contributed by atoms with Gasteiger partial charge in [-0.3, -0.25) is 0 Å². The van der Waals surface area contributed by atoms with Crippen LogP contribution in [0.25, 0.3) is 22.4 Å². The predicted molar refractivity (Wildman–Crippen MR) is 86.3 cm³/mol. The summed E-state index contributed by atoms with van der Waals surface area (Å²) in [6.07, 6.45) is 2.11. The summed E-state index contributed by atoms with van der Waals surface area (Å²) in [6, 6.07) is 15.4. The molecule has 0 amide bonds. The van der Waals surface area contributed by atoms with E-state index in [1.54, 1.807) is 12.1 Å². The molecular weight excluding hydrogens is 260 g/mol. The number of nitrogens with zero attached hydrogens (tertiary/aromatic N) is 2. The quantitative estimate of drug-likeness (QED) is 0.722. The summed E-state index contributed by atoms with van der Waals surface area (Å²) in [5.41, 5.74) is 4.28. The Morgan fingerprint density at radius 1 is 1.19 bits per heavy atom. The number of hydrogen-bond acceptors (Lipinski definition) is 2. The summed E-state index contributed by atoms with van der Waals surface area (Å²) in [5.74, 6) is 1.14. The minimum absolute atomic E-state index is 0.258. The van der Waals surface area contributed by atoms with Gasteiger partial charge in [-0.05, 0) is 38.1 Å². The normalized spacial score (nSPS) is 12.0. The molecule has 3 nitrogen and oxygen atoms in total. The Morgan fingerprint density at radius 3 is 2.76 bits per heavy atom. The second kappa shape index (κ2) is 5.44. The molecule has 21 heavy (non-hydrogen) atoms. The molecule has 0 spiro atoms. The van der Waals surface area contributed by atoms with Gasteiger partial charge in [0, 0.05) is 12.1 Å². The number of aromatic nitrogens is 2. The van der Waals surface area contributed by atoms with E-state index in [0.29, 0.717) is 0 Å². The highest BCUT2D eigenvalue weighted by molar-refractivity contribution is 5.81. The molecule has 3 rings (SSSR count). The number of aromatic hydroxyl groups is 1. The van der Waals surface area contributed by atoms with E-state index in [2.05, 4.69) is 23.6 Å². The number of allylic oxidation sites excluding steroid dienone is 2. The molecule has 1 heterocycles. The smallest absolute Gasteiger partial charge is 0.141 e. The van der Waals surface area contributed by atoms with Crippen molar-refractivity contribution in [3.05, 3.63) is 60.2 Å². The van der Waals surface area contributed by atoms with Crippen LogP contribution in [0.1, 0.15) is 13.8 Å². The van der Waals surface area contributed by atoms with Crippen molar-refractivity contribution < 1.29 is 5.11 Å². The highest BCUT2D eigenvalue weighted by Gasteiger charge is 2.12. The predicted octanol–water partition coefficient (Wildman–Crippen LogP) is 4.38. The van der Waals surface area contributed by atoms with Crippen molar-refractivity contribution in [1.29, 1.82) is 0 Å². The van der Waals surface area contributed by atoms with Crippen LogP contribution in [0.5, 0.6) is 5.75 Å². The van der Waals surface area contributed by atoms with Crippen molar-refractivity contribution in [1.82, 2.24) is 9.55 Å². The molecule has 0 aliphatic rings. The van der Waals surface area contributed by atoms with E-state index in [1.165, 1.54) is 5.57 Å². The van der Waals surface area contributed by atoms with E-state index >= 15 is 0 Å². The molecule has 0 radical (unpaired) electrons. The highest BCUT2D eigenvalue weighted by Crippen LogP contribution is 2.27. The Balaban J connectivity index is 2.23. The molecule has 1 N–H and O–H groups in total. The molecule has 0 fully saturated rings. The third kappa shape index (κ3) is 2.55. The Labute approximate surface area is 124 Å². The lowest BCUT2D eigenvalue weighted by atomic mass is 10.2. The first kappa shape index (κ1) is 13.4. The summed E-state index contributed by atoms with van der Waals surface area (Å²) in [7, 11) is 0. The number of imidazole rings is 1. The van der Waals surface area contributed by atoms with Gasteiger partial charge in [0.25, 0.3) is 0 Å². The third-order valence-electron chi connectivity index (χ3n) is 3.66. The van der Waals surface area contributed by atoms with Crippen LogP contribution in [0.4, 0.5) is 0 Å². The van der Waals surface area contributed by atoms with Gasteiger partial charge in [-0.2, -0.15) is 0 Å². The van der Waals surface area contributed by atoms with Crippen molar-refractivity contribution in [3.8, 4) is 17.1 Å². The number of para-hydroxylation sites is 2. The molecular formula is C18H18N2O. The minimum Gasteiger partial charge on any atom is -0.508 e. The third-order valence-corrected chi connectivity index (χ3v) is 3.66. The lowest BCUT2D eigenvalue weighted by molar-refractivity contribution is 0.475. The van der Waals surface area contributed by atoms with Gasteiger partial charge in [0.05, 0.1) is 11.0 Å². The summed E-state index contributed by atoms with van der Waals surface area (Å²) in [5, 5.41) is 9.72. The second-order valence-electron chi connectivity index (χ2n) is 5.20. The largest absolute Gasteiger partial charge is 0.508 e. The van der Waals surface area contributed by atoms with Crippen molar-refractivity contribution >= 4 is 11.0 Å². The zero-order valence-corrected chi connectivity index (χ0v) is 12.2. The van der Waals surface area contributed by atoms with E-state index in [4.69, 9.17) is 4.98 Å². The maximum Gasteiger partial charge on any atom is 0.141 e. The average molecular weight is 278 g/mol. The Morgan fingerprint density at radius 2 is 2.00 bits per heavy atom. The van der Waals surface area contributed by atoms with Gasteiger partial charge in [0.15, 0.2) is 0 Å². The maximum atomic E-state index is 9.72. The standard InChI is InChI=1S/C18H18N2O/c1-3-13(2)12-20-17-10-5-4-9-16(17)19-18(20)14-7-6-8-15(21)11-14/h3-11,21H,12H2,1-2H3. The highest BCUT2D eigenvalue weighted by atomic mass is 16.3. The fourth-order valence-electron chi connectivity index (χ4n) is 2.44. The number of hydrogen-bond donors (Lipinski definition) is 1. The lowest BCUT2D eigenvalue weighted by Gasteiger charge is -2.10. The summed E-state index contributed by atoms with van der Waals surface area (Å²) < 4.78 is 2.19. The number of phenolic OH excluding ortho intramolecular Hbond substituents is 1. The topological polar surface area (TPSA) is 38.0 Å². The van der Waals surface area contributed by atoms with Crippen molar-refractivity contribution in [3.63, 3.8) is 0 Å². The zero-order chi connectivity index (χ0) is 14.8. The van der Waals surface area contributed by atoms with Gasteiger partial charge in [0.2, 0.25) is 0 Å². The first-order chi connectivity index (χ1) is 10.2. The van der Waals surface area contributed by atoms with Crippen molar-refractivity contribution in [2.24, 2.45) is 0 Å². The number of phenols is 1. The van der Waals surface area contributed by atoms with Crippen molar-refractivity contribution in [2.75, 3.05) is 0 Å². The molecule has 0 unspecified atom stereocenters. The summed E-state index contributed by atoms with van der Waals surface area (Å²) >= 11 is 0. The fourth-order valence-corrected chi connectivity index (χ4v) is 2.44. The van der Waals surface area contributed by atoms with Crippen molar-refractivity contribution in [2.45, 2.75) is 20.4 Å².